The zero-order valence-electron chi connectivity index (χ0n) is 18.9. The van der Waals surface area contributed by atoms with Crippen LogP contribution in [0.3, 0.4) is 0 Å². The fraction of sp³-hybridized carbons (Fsp3) is 0.696. The van der Waals surface area contributed by atoms with E-state index in [1.54, 1.807) is 7.05 Å². The first-order valence-electron chi connectivity index (χ1n) is 11.5. The van der Waals surface area contributed by atoms with E-state index in [-0.39, 0.29) is 5.91 Å². The maximum Gasteiger partial charge on any atom is 0.220 e. The largest absolute Gasteiger partial charge is 0.359 e. The van der Waals surface area contributed by atoms with Crippen LogP contribution in [0.1, 0.15) is 51.5 Å². The first-order chi connectivity index (χ1) is 14.6. The number of nitrogens with one attached hydrogen (secondary N) is 2. The van der Waals surface area contributed by atoms with E-state index in [2.05, 4.69) is 46.4 Å². The van der Waals surface area contributed by atoms with E-state index in [0.29, 0.717) is 18.9 Å². The smallest absolute Gasteiger partial charge is 0.220 e. The van der Waals surface area contributed by atoms with Gasteiger partial charge in [-0.25, -0.2) is 9.98 Å². The van der Waals surface area contributed by atoms with Crippen molar-refractivity contribution in [1.29, 1.82) is 0 Å². The van der Waals surface area contributed by atoms with Crippen LogP contribution in [0.15, 0.2) is 23.3 Å². The van der Waals surface area contributed by atoms with Crippen LogP contribution < -0.4 is 15.5 Å². The number of pyridine rings is 1. The second kappa shape index (κ2) is 11.2. The van der Waals surface area contributed by atoms with Crippen LogP contribution in [0.2, 0.25) is 0 Å². The average Bonchev–Trinajstić information content (AvgIpc) is 2.78. The summed E-state index contributed by atoms with van der Waals surface area (Å²) >= 11 is 0. The van der Waals surface area contributed by atoms with E-state index in [9.17, 15) is 4.79 Å². The van der Waals surface area contributed by atoms with E-state index in [0.717, 1.165) is 68.8 Å². The van der Waals surface area contributed by atoms with Gasteiger partial charge in [0.25, 0.3) is 0 Å². The van der Waals surface area contributed by atoms with Gasteiger partial charge in [0.1, 0.15) is 5.82 Å². The Hall–Kier alpha value is -2.31. The lowest BCUT2D eigenvalue weighted by atomic mass is 9.93. The molecule has 2 N–H and O–H groups in total. The molecule has 0 aromatic carbocycles. The molecule has 0 aliphatic carbocycles. The molecule has 2 saturated heterocycles. The summed E-state index contributed by atoms with van der Waals surface area (Å²) in [5.74, 6) is 3.49. The third-order valence-corrected chi connectivity index (χ3v) is 6.33. The van der Waals surface area contributed by atoms with Gasteiger partial charge in [0, 0.05) is 52.4 Å². The van der Waals surface area contributed by atoms with Gasteiger partial charge in [-0.15, -0.1) is 0 Å². The Morgan fingerprint density at radius 1 is 1.17 bits per heavy atom. The number of likely N-dealkylation sites (tertiary alicyclic amines) is 1. The van der Waals surface area contributed by atoms with E-state index in [4.69, 9.17) is 9.98 Å². The van der Waals surface area contributed by atoms with E-state index in [1.165, 1.54) is 12.8 Å². The molecule has 0 unspecified atom stereocenters. The Balaban J connectivity index is 1.54. The highest BCUT2D eigenvalue weighted by Gasteiger charge is 2.23. The minimum Gasteiger partial charge on any atom is -0.359 e. The lowest BCUT2D eigenvalue weighted by Crippen LogP contribution is -2.46. The molecule has 7 nitrogen and oxygen atoms in total. The molecule has 1 aromatic heterocycles. The fourth-order valence-electron chi connectivity index (χ4n) is 4.24. The summed E-state index contributed by atoms with van der Waals surface area (Å²) in [5, 5.41) is 6.16. The van der Waals surface area contributed by atoms with Crippen LogP contribution in [0, 0.1) is 11.8 Å². The highest BCUT2D eigenvalue weighted by atomic mass is 16.1. The first-order valence-corrected chi connectivity index (χ1v) is 11.5. The summed E-state index contributed by atoms with van der Waals surface area (Å²) < 4.78 is 0. The molecular formula is C23H38N6O. The van der Waals surface area contributed by atoms with Gasteiger partial charge in [-0.3, -0.25) is 4.79 Å². The highest BCUT2D eigenvalue weighted by molar-refractivity contribution is 5.80. The molecule has 2 aliphatic heterocycles. The second-order valence-corrected chi connectivity index (χ2v) is 8.67. The molecule has 1 aromatic rings. The average molecular weight is 415 g/mol. The van der Waals surface area contributed by atoms with Crippen molar-refractivity contribution in [2.45, 2.75) is 52.5 Å². The number of carbonyl (C=O) groups excluding carboxylic acids is 1. The number of piperidine rings is 2. The Labute approximate surface area is 181 Å². The van der Waals surface area contributed by atoms with Crippen molar-refractivity contribution in [2.75, 3.05) is 44.7 Å². The van der Waals surface area contributed by atoms with Crippen molar-refractivity contribution in [3.63, 3.8) is 0 Å². The number of hydrogen-bond donors (Lipinski definition) is 2. The zero-order valence-corrected chi connectivity index (χ0v) is 18.9. The van der Waals surface area contributed by atoms with Crippen LogP contribution in [-0.4, -0.2) is 61.5 Å². The van der Waals surface area contributed by atoms with Crippen LogP contribution in [0.4, 0.5) is 5.82 Å². The van der Waals surface area contributed by atoms with Gasteiger partial charge in [-0.05, 0) is 56.1 Å². The lowest BCUT2D eigenvalue weighted by molar-refractivity contribution is -0.121. The standard InChI is InChI=1S/C23H38N6O/c1-4-25-23(29-13-9-19(10-14-29)15-22(30)24-3)27-17-20-5-6-21(26-16-20)28-11-7-18(2)8-12-28/h5-6,16,18-19H,4,7-15,17H2,1-3H3,(H,24,30)(H,25,27). The number of hydrogen-bond acceptors (Lipinski definition) is 4. The SMILES string of the molecule is CCNC(=NCc1ccc(N2CCC(C)CC2)nc1)N1CCC(CC(=O)NC)CC1. The van der Waals surface area contributed by atoms with Gasteiger partial charge < -0.3 is 20.4 Å². The highest BCUT2D eigenvalue weighted by Crippen LogP contribution is 2.22. The molecule has 3 heterocycles. The van der Waals surface area contributed by atoms with Gasteiger partial charge in [0.15, 0.2) is 5.96 Å². The van der Waals surface area contributed by atoms with Gasteiger partial charge in [-0.2, -0.15) is 0 Å². The molecular weight excluding hydrogens is 376 g/mol. The quantitative estimate of drug-likeness (QED) is 0.553. The predicted molar refractivity (Wildman–Crippen MR) is 123 cm³/mol. The zero-order chi connectivity index (χ0) is 21.3. The monoisotopic (exact) mass is 414 g/mol. The van der Waals surface area contributed by atoms with Crippen LogP contribution in [-0.2, 0) is 11.3 Å². The number of amides is 1. The van der Waals surface area contributed by atoms with Crippen LogP contribution >= 0.6 is 0 Å². The molecule has 0 saturated carbocycles. The first kappa shape index (κ1) is 22.4. The Kier molecular flexibility index (Phi) is 8.34. The summed E-state index contributed by atoms with van der Waals surface area (Å²) in [7, 11) is 1.71. The van der Waals surface area contributed by atoms with Gasteiger partial charge >= 0.3 is 0 Å². The van der Waals surface area contributed by atoms with Crippen molar-refractivity contribution in [1.82, 2.24) is 20.5 Å². The number of carbonyl (C=O) groups is 1. The minimum absolute atomic E-state index is 0.143. The maximum atomic E-state index is 11.6. The van der Waals surface area contributed by atoms with Gasteiger partial charge in [0.05, 0.1) is 6.54 Å². The third kappa shape index (κ3) is 6.34. The van der Waals surface area contributed by atoms with Gasteiger partial charge in [0.2, 0.25) is 5.91 Å². The topological polar surface area (TPSA) is 72.9 Å². The van der Waals surface area contributed by atoms with E-state index in [1.807, 2.05) is 6.20 Å². The van der Waals surface area contributed by atoms with Crippen molar-refractivity contribution in [2.24, 2.45) is 16.8 Å². The molecule has 2 aliphatic rings. The Bertz CT molecular complexity index is 688. The fourth-order valence-corrected chi connectivity index (χ4v) is 4.24. The molecule has 0 spiro atoms. The lowest BCUT2D eigenvalue weighted by Gasteiger charge is -2.34. The summed E-state index contributed by atoms with van der Waals surface area (Å²) in [6.07, 6.45) is 7.16. The van der Waals surface area contributed by atoms with Crippen LogP contribution in [0.25, 0.3) is 0 Å². The Morgan fingerprint density at radius 3 is 2.50 bits per heavy atom. The second-order valence-electron chi connectivity index (χ2n) is 8.67. The maximum absolute atomic E-state index is 11.6. The van der Waals surface area contributed by atoms with E-state index >= 15 is 0 Å². The molecule has 0 radical (unpaired) electrons. The molecule has 1 amide bonds. The van der Waals surface area contributed by atoms with Crippen molar-refractivity contribution >= 4 is 17.7 Å². The summed E-state index contributed by atoms with van der Waals surface area (Å²) in [4.78, 5) is 25.9. The normalized spacial score (nSPS) is 19.1. The minimum atomic E-state index is 0.143. The summed E-state index contributed by atoms with van der Waals surface area (Å²) in [6.45, 7) is 10.0. The molecule has 7 heteroatoms. The number of guanidine groups is 1. The molecule has 166 valence electrons. The molecule has 0 atom stereocenters. The molecule has 3 rings (SSSR count). The Morgan fingerprint density at radius 2 is 1.90 bits per heavy atom. The number of nitrogens with zero attached hydrogens (tertiary/aromatic N) is 4. The number of anilines is 1. The van der Waals surface area contributed by atoms with E-state index < -0.39 is 0 Å². The van der Waals surface area contributed by atoms with Crippen molar-refractivity contribution in [3.05, 3.63) is 23.9 Å². The number of rotatable bonds is 6. The third-order valence-electron chi connectivity index (χ3n) is 6.33. The predicted octanol–water partition coefficient (Wildman–Crippen LogP) is 2.63. The molecule has 30 heavy (non-hydrogen) atoms. The van der Waals surface area contributed by atoms with Gasteiger partial charge in [-0.1, -0.05) is 13.0 Å². The number of aromatic nitrogens is 1. The molecule has 0 bridgehead atoms. The van der Waals surface area contributed by atoms with Crippen LogP contribution in [0.5, 0.6) is 0 Å². The van der Waals surface area contributed by atoms with Crippen molar-refractivity contribution in [3.8, 4) is 0 Å². The summed E-state index contributed by atoms with van der Waals surface area (Å²) in [6, 6.07) is 4.29. The van der Waals surface area contributed by atoms with Crippen molar-refractivity contribution < 1.29 is 4.79 Å². The number of aliphatic imine (C=N–C) groups is 1. The summed E-state index contributed by atoms with van der Waals surface area (Å²) in [5.41, 5.74) is 1.13. The molecule has 2 fully saturated rings.